The van der Waals surface area contributed by atoms with Gasteiger partial charge in [0.25, 0.3) is 5.91 Å². The van der Waals surface area contributed by atoms with E-state index in [0.29, 0.717) is 31.7 Å². The second-order valence-electron chi connectivity index (χ2n) is 6.26. The maximum absolute atomic E-state index is 12.8. The maximum atomic E-state index is 12.8. The number of amides is 2. The van der Waals surface area contributed by atoms with E-state index in [0.717, 1.165) is 24.5 Å². The zero-order valence-electron chi connectivity index (χ0n) is 13.6. The molecule has 1 aromatic heterocycles. The predicted octanol–water partition coefficient (Wildman–Crippen LogP) is 0.611. The SMILES string of the molecule is CNc1nc(C(=O)N2CCN(C)[C@@]3(CCNC(=O)CC3)C2)cs1. The molecular weight excluding hydrogens is 314 g/mol. The van der Waals surface area contributed by atoms with Gasteiger partial charge in [-0.25, -0.2) is 4.98 Å². The van der Waals surface area contributed by atoms with Crippen LogP contribution in [0, 0.1) is 0 Å². The molecule has 0 aromatic carbocycles. The summed E-state index contributed by atoms with van der Waals surface area (Å²) in [4.78, 5) is 32.9. The molecule has 2 aliphatic heterocycles. The summed E-state index contributed by atoms with van der Waals surface area (Å²) >= 11 is 1.44. The Labute approximate surface area is 140 Å². The fourth-order valence-electron chi connectivity index (χ4n) is 3.42. The van der Waals surface area contributed by atoms with E-state index in [9.17, 15) is 9.59 Å². The fourth-order valence-corrected chi connectivity index (χ4v) is 4.06. The van der Waals surface area contributed by atoms with Gasteiger partial charge >= 0.3 is 0 Å². The lowest BCUT2D eigenvalue weighted by Crippen LogP contribution is -2.62. The molecule has 8 heteroatoms. The van der Waals surface area contributed by atoms with Crippen molar-refractivity contribution in [2.75, 3.05) is 45.6 Å². The van der Waals surface area contributed by atoms with Gasteiger partial charge < -0.3 is 15.5 Å². The van der Waals surface area contributed by atoms with Crippen LogP contribution >= 0.6 is 11.3 Å². The van der Waals surface area contributed by atoms with Gasteiger partial charge in [0, 0.05) is 50.6 Å². The Morgan fingerprint density at radius 2 is 2.26 bits per heavy atom. The molecule has 1 aromatic rings. The third-order valence-corrected chi connectivity index (χ3v) is 5.81. The van der Waals surface area contributed by atoms with Crippen LogP contribution in [0.2, 0.25) is 0 Å². The number of thiazole rings is 1. The van der Waals surface area contributed by atoms with Crippen molar-refractivity contribution in [3.63, 3.8) is 0 Å². The number of rotatable bonds is 2. The molecule has 0 saturated carbocycles. The molecule has 0 aliphatic carbocycles. The van der Waals surface area contributed by atoms with Crippen LogP contribution in [0.3, 0.4) is 0 Å². The van der Waals surface area contributed by atoms with E-state index in [2.05, 4.69) is 27.6 Å². The Morgan fingerprint density at radius 1 is 1.43 bits per heavy atom. The predicted molar refractivity (Wildman–Crippen MR) is 89.8 cm³/mol. The second-order valence-corrected chi connectivity index (χ2v) is 7.12. The van der Waals surface area contributed by atoms with Crippen molar-refractivity contribution in [2.45, 2.75) is 24.8 Å². The van der Waals surface area contributed by atoms with Crippen molar-refractivity contribution in [1.29, 1.82) is 0 Å². The molecule has 2 fully saturated rings. The third-order valence-electron chi connectivity index (χ3n) is 4.95. The van der Waals surface area contributed by atoms with Gasteiger partial charge in [0.1, 0.15) is 5.69 Å². The molecule has 126 valence electrons. The zero-order valence-corrected chi connectivity index (χ0v) is 14.4. The molecule has 3 rings (SSSR count). The van der Waals surface area contributed by atoms with Crippen molar-refractivity contribution >= 4 is 28.3 Å². The highest BCUT2D eigenvalue weighted by Crippen LogP contribution is 2.31. The number of aromatic nitrogens is 1. The lowest BCUT2D eigenvalue weighted by molar-refractivity contribution is -0.121. The molecule has 3 heterocycles. The van der Waals surface area contributed by atoms with E-state index in [4.69, 9.17) is 0 Å². The summed E-state index contributed by atoms with van der Waals surface area (Å²) in [6.45, 7) is 2.85. The number of nitrogens with one attached hydrogen (secondary N) is 2. The van der Waals surface area contributed by atoms with E-state index in [1.807, 2.05) is 4.90 Å². The lowest BCUT2D eigenvalue weighted by atomic mass is 9.86. The molecule has 0 radical (unpaired) electrons. The van der Waals surface area contributed by atoms with Crippen LogP contribution in [0.5, 0.6) is 0 Å². The van der Waals surface area contributed by atoms with Crippen LogP contribution < -0.4 is 10.6 Å². The minimum Gasteiger partial charge on any atom is -0.365 e. The number of hydrogen-bond acceptors (Lipinski definition) is 6. The van der Waals surface area contributed by atoms with Crippen LogP contribution in [0.25, 0.3) is 0 Å². The first-order valence-corrected chi connectivity index (χ1v) is 8.82. The Morgan fingerprint density at radius 3 is 3.00 bits per heavy atom. The van der Waals surface area contributed by atoms with Crippen molar-refractivity contribution in [3.8, 4) is 0 Å². The fraction of sp³-hybridized carbons (Fsp3) is 0.667. The number of carbonyl (C=O) groups excluding carboxylic acids is 2. The van der Waals surface area contributed by atoms with Crippen LogP contribution in [-0.4, -0.2) is 72.4 Å². The molecule has 0 unspecified atom stereocenters. The van der Waals surface area contributed by atoms with Gasteiger partial charge in [-0.3, -0.25) is 14.5 Å². The van der Waals surface area contributed by atoms with E-state index in [1.54, 1.807) is 12.4 Å². The van der Waals surface area contributed by atoms with Crippen molar-refractivity contribution in [1.82, 2.24) is 20.1 Å². The summed E-state index contributed by atoms with van der Waals surface area (Å²) in [6.07, 6.45) is 2.18. The van der Waals surface area contributed by atoms with Gasteiger partial charge in [-0.1, -0.05) is 0 Å². The van der Waals surface area contributed by atoms with E-state index in [-0.39, 0.29) is 17.4 Å². The summed E-state index contributed by atoms with van der Waals surface area (Å²) in [5.41, 5.74) is 0.386. The van der Waals surface area contributed by atoms with Crippen molar-refractivity contribution in [3.05, 3.63) is 11.1 Å². The van der Waals surface area contributed by atoms with Crippen LogP contribution in [-0.2, 0) is 4.79 Å². The Bertz CT molecular complexity index is 604. The first-order chi connectivity index (χ1) is 11.0. The highest BCUT2D eigenvalue weighted by Gasteiger charge is 2.42. The van der Waals surface area contributed by atoms with Gasteiger partial charge in [0.2, 0.25) is 5.91 Å². The second kappa shape index (κ2) is 6.45. The molecule has 0 bridgehead atoms. The Kier molecular flexibility index (Phi) is 4.54. The minimum atomic E-state index is -0.116. The standard InChI is InChI=1S/C15H23N5O2S/c1-16-14-18-11(9-23-14)13(22)20-8-7-19(2)15(10-20)4-3-12(21)17-6-5-15/h9H,3-8,10H2,1-2H3,(H,16,18)(H,17,21)/t15-/m0/s1. The summed E-state index contributed by atoms with van der Waals surface area (Å²) in [6, 6.07) is 0. The van der Waals surface area contributed by atoms with Crippen LogP contribution in [0.15, 0.2) is 5.38 Å². The molecule has 2 N–H and O–H groups in total. The number of anilines is 1. The van der Waals surface area contributed by atoms with Crippen molar-refractivity contribution < 1.29 is 9.59 Å². The molecule has 2 aliphatic rings. The molecule has 23 heavy (non-hydrogen) atoms. The monoisotopic (exact) mass is 337 g/mol. The average molecular weight is 337 g/mol. The molecule has 1 atom stereocenters. The Hall–Kier alpha value is -1.67. The largest absolute Gasteiger partial charge is 0.365 e. The maximum Gasteiger partial charge on any atom is 0.273 e. The van der Waals surface area contributed by atoms with E-state index < -0.39 is 0 Å². The van der Waals surface area contributed by atoms with Gasteiger partial charge in [-0.05, 0) is 19.9 Å². The van der Waals surface area contributed by atoms with Crippen LogP contribution in [0.1, 0.15) is 29.8 Å². The van der Waals surface area contributed by atoms with Crippen molar-refractivity contribution in [2.24, 2.45) is 0 Å². The summed E-state index contributed by atoms with van der Waals surface area (Å²) in [5, 5.41) is 8.45. The quantitative estimate of drug-likeness (QED) is 0.827. The lowest BCUT2D eigenvalue weighted by Gasteiger charge is -2.49. The molecular formula is C15H23N5O2S. The van der Waals surface area contributed by atoms with Gasteiger partial charge in [0.15, 0.2) is 5.13 Å². The first-order valence-electron chi connectivity index (χ1n) is 7.94. The van der Waals surface area contributed by atoms with Crippen LogP contribution in [0.4, 0.5) is 5.13 Å². The summed E-state index contributed by atoms with van der Waals surface area (Å²) in [5.74, 6) is 0.0932. The highest BCUT2D eigenvalue weighted by atomic mass is 32.1. The number of nitrogens with zero attached hydrogens (tertiary/aromatic N) is 3. The average Bonchev–Trinajstić information content (AvgIpc) is 2.96. The van der Waals surface area contributed by atoms with Gasteiger partial charge in [-0.15, -0.1) is 11.3 Å². The van der Waals surface area contributed by atoms with Gasteiger partial charge in [0.05, 0.1) is 0 Å². The smallest absolute Gasteiger partial charge is 0.273 e. The normalized spacial score (nSPS) is 26.0. The number of likely N-dealkylation sites (N-methyl/N-ethyl adjacent to an activating group) is 1. The topological polar surface area (TPSA) is 77.6 Å². The van der Waals surface area contributed by atoms with Gasteiger partial charge in [-0.2, -0.15) is 0 Å². The molecule has 2 amide bonds. The minimum absolute atomic E-state index is 0.0150. The molecule has 1 spiro atoms. The highest BCUT2D eigenvalue weighted by molar-refractivity contribution is 7.13. The number of carbonyl (C=O) groups is 2. The zero-order chi connectivity index (χ0) is 16.4. The summed E-state index contributed by atoms with van der Waals surface area (Å²) < 4.78 is 0. The van der Waals surface area contributed by atoms with E-state index >= 15 is 0 Å². The van der Waals surface area contributed by atoms with E-state index in [1.165, 1.54) is 11.3 Å². The molecule has 7 nitrogen and oxygen atoms in total. The number of piperazine rings is 1. The summed E-state index contributed by atoms with van der Waals surface area (Å²) in [7, 11) is 3.90. The number of hydrogen-bond donors (Lipinski definition) is 2. The Balaban J connectivity index is 1.76. The third kappa shape index (κ3) is 3.18. The first kappa shape index (κ1) is 16.2. The molecule has 2 saturated heterocycles.